The summed E-state index contributed by atoms with van der Waals surface area (Å²) in [6.07, 6.45) is -1.18. The van der Waals surface area contributed by atoms with Crippen LogP contribution >= 0.6 is 0 Å². The number of carboxylic acids is 1. The number of amides is 1. The summed E-state index contributed by atoms with van der Waals surface area (Å²) in [5.74, 6) is -2.04. The van der Waals surface area contributed by atoms with E-state index >= 15 is 0 Å². The van der Waals surface area contributed by atoms with Crippen molar-refractivity contribution < 1.29 is 25.5 Å². The van der Waals surface area contributed by atoms with Gasteiger partial charge in [-0.2, -0.15) is 0 Å². The molecule has 2 atom stereocenters. The Morgan fingerprint density at radius 2 is 2.17 bits per heavy atom. The van der Waals surface area contributed by atoms with Crippen molar-refractivity contribution in [3.05, 3.63) is 0 Å². The van der Waals surface area contributed by atoms with Crippen molar-refractivity contribution in [3.8, 4) is 0 Å². The summed E-state index contributed by atoms with van der Waals surface area (Å²) in [5.41, 5.74) is 3.25. The van der Waals surface area contributed by atoms with Crippen LogP contribution in [0.2, 0.25) is 0 Å². The predicted octanol–water partition coefficient (Wildman–Crippen LogP) is -4.16. The highest BCUT2D eigenvalue weighted by Crippen LogP contribution is 1.89. The fraction of sp³-hybridized carbons (Fsp3) is 0.667. The number of carbonyl (C=O) groups excluding carboxylic acids is 2. The SMILES string of the molecule is C[C@@H](O)[C@H](NC(=O)C[NH3+])C(=O)[O-]. The van der Waals surface area contributed by atoms with Crippen molar-refractivity contribution in [1.29, 1.82) is 0 Å². The quantitative estimate of drug-likeness (QED) is 0.403. The molecule has 0 unspecified atom stereocenters. The third-order valence-corrected chi connectivity index (χ3v) is 1.28. The number of aliphatic carboxylic acids is 1. The number of quaternary nitrogens is 1. The van der Waals surface area contributed by atoms with Crippen LogP contribution in [0, 0.1) is 0 Å². The first-order chi connectivity index (χ1) is 5.49. The van der Waals surface area contributed by atoms with Crippen molar-refractivity contribution in [3.63, 3.8) is 0 Å². The Morgan fingerprint density at radius 1 is 1.67 bits per heavy atom. The molecule has 0 aromatic rings. The molecule has 1 amide bonds. The monoisotopic (exact) mass is 176 g/mol. The van der Waals surface area contributed by atoms with Crippen LogP contribution in [0.25, 0.3) is 0 Å². The predicted molar refractivity (Wildman–Crippen MR) is 36.4 cm³/mol. The first-order valence-electron chi connectivity index (χ1n) is 3.46. The van der Waals surface area contributed by atoms with Gasteiger partial charge in [-0.3, -0.25) is 4.79 Å². The van der Waals surface area contributed by atoms with Crippen molar-refractivity contribution in [1.82, 2.24) is 5.32 Å². The van der Waals surface area contributed by atoms with E-state index in [0.717, 1.165) is 0 Å². The first-order valence-corrected chi connectivity index (χ1v) is 3.46. The molecule has 0 aromatic heterocycles. The average molecular weight is 176 g/mol. The number of carbonyl (C=O) groups is 2. The zero-order valence-electron chi connectivity index (χ0n) is 6.74. The van der Waals surface area contributed by atoms with Gasteiger partial charge in [-0.15, -0.1) is 0 Å². The lowest BCUT2D eigenvalue weighted by atomic mass is 10.2. The molecule has 6 heteroatoms. The normalized spacial score (nSPS) is 14.9. The van der Waals surface area contributed by atoms with E-state index in [2.05, 4.69) is 11.1 Å². The maximum atomic E-state index is 10.7. The molecule has 0 rings (SSSR count). The van der Waals surface area contributed by atoms with Gasteiger partial charge < -0.3 is 26.1 Å². The van der Waals surface area contributed by atoms with E-state index in [9.17, 15) is 14.7 Å². The van der Waals surface area contributed by atoms with Crippen LogP contribution in [0.3, 0.4) is 0 Å². The minimum Gasteiger partial charge on any atom is -0.548 e. The molecular weight excluding hydrogens is 164 g/mol. The van der Waals surface area contributed by atoms with Gasteiger partial charge in [-0.25, -0.2) is 0 Å². The van der Waals surface area contributed by atoms with Gasteiger partial charge in [0.1, 0.15) is 0 Å². The highest BCUT2D eigenvalue weighted by atomic mass is 16.4. The Balaban J connectivity index is 4.14. The number of hydrogen-bond acceptors (Lipinski definition) is 4. The largest absolute Gasteiger partial charge is 0.548 e. The van der Waals surface area contributed by atoms with E-state index in [-0.39, 0.29) is 6.54 Å². The van der Waals surface area contributed by atoms with Gasteiger partial charge in [0.15, 0.2) is 6.54 Å². The number of nitrogens with one attached hydrogen (secondary N) is 1. The fourth-order valence-electron chi connectivity index (χ4n) is 0.622. The molecule has 0 fully saturated rings. The first kappa shape index (κ1) is 10.9. The lowest BCUT2D eigenvalue weighted by Crippen LogP contribution is -2.62. The van der Waals surface area contributed by atoms with Gasteiger partial charge in [-0.05, 0) is 6.92 Å². The summed E-state index contributed by atoms with van der Waals surface area (Å²) in [6, 6.07) is -1.36. The minimum absolute atomic E-state index is 0.0729. The van der Waals surface area contributed by atoms with Crippen molar-refractivity contribution in [2.45, 2.75) is 19.1 Å². The van der Waals surface area contributed by atoms with E-state index in [1.807, 2.05) is 0 Å². The maximum Gasteiger partial charge on any atom is 0.275 e. The molecule has 0 spiro atoms. The van der Waals surface area contributed by atoms with Gasteiger partial charge in [-0.1, -0.05) is 0 Å². The van der Waals surface area contributed by atoms with Crippen LogP contribution < -0.4 is 16.2 Å². The summed E-state index contributed by atoms with van der Waals surface area (Å²) in [4.78, 5) is 20.9. The second kappa shape index (κ2) is 4.68. The topological polar surface area (TPSA) is 117 Å². The lowest BCUT2D eigenvalue weighted by molar-refractivity contribution is -0.355. The summed E-state index contributed by atoms with van der Waals surface area (Å²) < 4.78 is 0. The molecule has 0 radical (unpaired) electrons. The summed E-state index contributed by atoms with van der Waals surface area (Å²) in [5, 5.41) is 21.2. The van der Waals surface area contributed by atoms with Gasteiger partial charge in [0.25, 0.3) is 5.91 Å². The second-order valence-corrected chi connectivity index (χ2v) is 2.35. The van der Waals surface area contributed by atoms with E-state index < -0.39 is 24.0 Å². The molecule has 0 aromatic carbocycles. The van der Waals surface area contributed by atoms with E-state index in [0.29, 0.717) is 0 Å². The van der Waals surface area contributed by atoms with Crippen molar-refractivity contribution in [2.24, 2.45) is 0 Å². The van der Waals surface area contributed by atoms with Gasteiger partial charge in [0.2, 0.25) is 0 Å². The van der Waals surface area contributed by atoms with Crippen LogP contribution in [0.5, 0.6) is 0 Å². The van der Waals surface area contributed by atoms with Crippen LogP contribution in [0.4, 0.5) is 0 Å². The molecule has 0 heterocycles. The van der Waals surface area contributed by atoms with Crippen LogP contribution in [0.15, 0.2) is 0 Å². The molecule has 0 aliphatic rings. The molecule has 0 saturated heterocycles. The summed E-state index contributed by atoms with van der Waals surface area (Å²) in [6.45, 7) is 1.18. The minimum atomic E-state index is -1.51. The van der Waals surface area contributed by atoms with Crippen molar-refractivity contribution >= 4 is 11.9 Å². The Morgan fingerprint density at radius 3 is 2.42 bits per heavy atom. The maximum absolute atomic E-state index is 10.7. The van der Waals surface area contributed by atoms with E-state index in [1.165, 1.54) is 6.92 Å². The van der Waals surface area contributed by atoms with Gasteiger partial charge in [0, 0.05) is 0 Å². The zero-order valence-corrected chi connectivity index (χ0v) is 6.74. The van der Waals surface area contributed by atoms with Crippen molar-refractivity contribution in [2.75, 3.05) is 6.54 Å². The van der Waals surface area contributed by atoms with E-state index in [1.54, 1.807) is 0 Å². The number of hydrogen-bond donors (Lipinski definition) is 3. The Labute approximate surface area is 69.4 Å². The third kappa shape index (κ3) is 3.31. The molecule has 0 saturated carbocycles. The lowest BCUT2D eigenvalue weighted by Gasteiger charge is -2.21. The highest BCUT2D eigenvalue weighted by Gasteiger charge is 2.18. The standard InChI is InChI=1S/C6H12N2O4/c1-3(9)5(6(11)12)8-4(10)2-7/h3,5,9H,2,7H2,1H3,(H,8,10)(H,11,12)/t3-,5+/m1/s1. The van der Waals surface area contributed by atoms with Crippen LogP contribution in [0.1, 0.15) is 6.92 Å². The number of rotatable bonds is 4. The summed E-state index contributed by atoms with van der Waals surface area (Å²) in [7, 11) is 0. The number of aliphatic hydroxyl groups is 1. The molecule has 0 bridgehead atoms. The Bertz CT molecular complexity index is 180. The average Bonchev–Trinajstić information content (AvgIpc) is 1.98. The summed E-state index contributed by atoms with van der Waals surface area (Å²) >= 11 is 0. The molecule has 5 N–H and O–H groups in total. The fourth-order valence-corrected chi connectivity index (χ4v) is 0.622. The number of carboxylic acid groups (broad SMARTS) is 1. The van der Waals surface area contributed by atoms with Crippen LogP contribution in [-0.4, -0.2) is 35.7 Å². The zero-order chi connectivity index (χ0) is 9.72. The highest BCUT2D eigenvalue weighted by molar-refractivity contribution is 5.83. The van der Waals surface area contributed by atoms with E-state index in [4.69, 9.17) is 5.11 Å². The van der Waals surface area contributed by atoms with Gasteiger partial charge in [0.05, 0.1) is 18.1 Å². The number of aliphatic hydroxyl groups excluding tert-OH is 1. The molecule has 70 valence electrons. The smallest absolute Gasteiger partial charge is 0.275 e. The molecule has 0 aliphatic carbocycles. The Hall–Kier alpha value is -1.14. The molecular formula is C6H12N2O4. The molecule has 0 aliphatic heterocycles. The molecule has 6 nitrogen and oxygen atoms in total. The Kier molecular flexibility index (Phi) is 4.24. The third-order valence-electron chi connectivity index (χ3n) is 1.28. The van der Waals surface area contributed by atoms with Gasteiger partial charge >= 0.3 is 0 Å². The second-order valence-electron chi connectivity index (χ2n) is 2.35. The molecule has 12 heavy (non-hydrogen) atoms. The van der Waals surface area contributed by atoms with Crippen LogP contribution in [-0.2, 0) is 9.59 Å².